The van der Waals surface area contributed by atoms with E-state index in [4.69, 9.17) is 10.9 Å². The van der Waals surface area contributed by atoms with Gasteiger partial charge in [-0.1, -0.05) is 28.6 Å². The smallest absolute Gasteiger partial charge is 0.223 e. The molecule has 0 bridgehead atoms. The fourth-order valence-electron chi connectivity index (χ4n) is 2.21. The van der Waals surface area contributed by atoms with Gasteiger partial charge in [0.2, 0.25) is 5.91 Å². The van der Waals surface area contributed by atoms with Crippen LogP contribution in [0.25, 0.3) is 10.6 Å². The van der Waals surface area contributed by atoms with Gasteiger partial charge in [-0.2, -0.15) is 0 Å². The van der Waals surface area contributed by atoms with Gasteiger partial charge in [0.15, 0.2) is 16.1 Å². The number of nitrogens with zero attached hydrogens (tertiary/aromatic N) is 3. The normalized spacial score (nSPS) is 11.4. The van der Waals surface area contributed by atoms with Crippen LogP contribution in [0.1, 0.15) is 18.2 Å². The van der Waals surface area contributed by atoms with E-state index in [0.717, 1.165) is 22.0 Å². The van der Waals surface area contributed by atoms with Crippen molar-refractivity contribution in [1.82, 2.24) is 9.97 Å². The Labute approximate surface area is 157 Å². The van der Waals surface area contributed by atoms with E-state index in [1.54, 1.807) is 18.2 Å². The number of hydrogen-bond donors (Lipinski definition) is 4. The van der Waals surface area contributed by atoms with Crippen molar-refractivity contribution in [2.45, 2.75) is 13.8 Å². The molecule has 1 aromatic carbocycles. The van der Waals surface area contributed by atoms with Gasteiger partial charge >= 0.3 is 0 Å². The van der Waals surface area contributed by atoms with Crippen molar-refractivity contribution in [3.63, 3.8) is 0 Å². The zero-order chi connectivity index (χ0) is 18.7. The third-order valence-electron chi connectivity index (χ3n) is 3.33. The Hall–Kier alpha value is -2.98. The number of nitrogens with one attached hydrogen (secondary N) is 2. The molecule has 0 aliphatic heterocycles. The highest BCUT2D eigenvalue weighted by Crippen LogP contribution is 2.35. The minimum absolute atomic E-state index is 0.0410. The molecule has 8 nitrogen and oxygen atoms in total. The maximum absolute atomic E-state index is 11.2. The number of oxime groups is 1. The van der Waals surface area contributed by atoms with E-state index in [2.05, 4.69) is 25.8 Å². The van der Waals surface area contributed by atoms with Crippen LogP contribution >= 0.6 is 22.7 Å². The van der Waals surface area contributed by atoms with Crippen molar-refractivity contribution in [3.05, 3.63) is 40.9 Å². The van der Waals surface area contributed by atoms with Crippen LogP contribution in [0.3, 0.4) is 0 Å². The average molecular weight is 388 g/mol. The molecule has 5 N–H and O–H groups in total. The fraction of sp³-hybridized carbons (Fsp3) is 0.125. The van der Waals surface area contributed by atoms with Crippen LogP contribution in [0.4, 0.5) is 16.0 Å². The molecule has 3 rings (SSSR count). The summed E-state index contributed by atoms with van der Waals surface area (Å²) in [6.07, 6.45) is 0. The summed E-state index contributed by atoms with van der Waals surface area (Å²) >= 11 is 2.83. The minimum atomic E-state index is -0.156. The van der Waals surface area contributed by atoms with Crippen LogP contribution in [0.15, 0.2) is 34.8 Å². The van der Waals surface area contributed by atoms with Gasteiger partial charge in [0, 0.05) is 23.6 Å². The highest BCUT2D eigenvalue weighted by atomic mass is 32.1. The number of amides is 1. The van der Waals surface area contributed by atoms with E-state index in [1.807, 2.05) is 18.4 Å². The molecule has 0 aliphatic rings. The molecule has 10 heteroatoms. The second kappa shape index (κ2) is 7.50. The van der Waals surface area contributed by atoms with Crippen molar-refractivity contribution in [2.75, 3.05) is 10.6 Å². The molecule has 0 aliphatic carbocycles. The molecule has 0 atom stereocenters. The van der Waals surface area contributed by atoms with Crippen LogP contribution in [-0.4, -0.2) is 26.9 Å². The van der Waals surface area contributed by atoms with Crippen molar-refractivity contribution >= 4 is 50.4 Å². The van der Waals surface area contributed by atoms with Gasteiger partial charge in [-0.3, -0.25) is 4.79 Å². The van der Waals surface area contributed by atoms with Crippen molar-refractivity contribution in [1.29, 1.82) is 0 Å². The zero-order valence-corrected chi connectivity index (χ0v) is 15.6. The van der Waals surface area contributed by atoms with Crippen LogP contribution in [0, 0.1) is 6.92 Å². The Balaban J connectivity index is 1.81. The Bertz CT molecular complexity index is 979. The van der Waals surface area contributed by atoms with Gasteiger partial charge in [-0.15, -0.1) is 11.3 Å². The molecule has 2 heterocycles. The summed E-state index contributed by atoms with van der Waals surface area (Å²) in [5.41, 5.74) is 8.59. The van der Waals surface area contributed by atoms with Gasteiger partial charge in [-0.25, -0.2) is 9.97 Å². The second-order valence-electron chi connectivity index (χ2n) is 5.34. The number of hydrogen-bond acceptors (Lipinski definition) is 8. The molecule has 134 valence electrons. The molecule has 1 amide bonds. The molecule has 0 spiro atoms. The first kappa shape index (κ1) is 17.8. The molecule has 0 saturated heterocycles. The first-order valence-electron chi connectivity index (χ1n) is 7.52. The second-order valence-corrected chi connectivity index (χ2v) is 7.20. The molecule has 0 radical (unpaired) electrons. The number of benzene rings is 1. The summed E-state index contributed by atoms with van der Waals surface area (Å²) in [7, 11) is 0. The Morgan fingerprint density at radius 1 is 1.31 bits per heavy atom. The number of thiazole rings is 2. The Morgan fingerprint density at radius 3 is 2.85 bits per heavy atom. The number of carbonyl (C=O) groups is 1. The topological polar surface area (TPSA) is 126 Å². The molecule has 0 unspecified atom stereocenters. The minimum Gasteiger partial charge on any atom is -0.409 e. The summed E-state index contributed by atoms with van der Waals surface area (Å²) in [4.78, 5) is 21.0. The van der Waals surface area contributed by atoms with Crippen LogP contribution in [-0.2, 0) is 4.79 Å². The van der Waals surface area contributed by atoms with E-state index >= 15 is 0 Å². The van der Waals surface area contributed by atoms with Crippen molar-refractivity contribution in [3.8, 4) is 10.6 Å². The predicted octanol–water partition coefficient (Wildman–Crippen LogP) is 3.37. The molecule has 2 aromatic heterocycles. The van der Waals surface area contributed by atoms with E-state index in [-0.39, 0.29) is 11.7 Å². The average Bonchev–Trinajstić information content (AvgIpc) is 3.20. The molecular weight excluding hydrogens is 372 g/mol. The highest BCUT2D eigenvalue weighted by molar-refractivity contribution is 7.20. The van der Waals surface area contributed by atoms with Crippen molar-refractivity contribution < 1.29 is 10.0 Å². The fourth-order valence-corrected chi connectivity index (χ4v) is 3.98. The third-order valence-corrected chi connectivity index (χ3v) is 5.19. The Kier molecular flexibility index (Phi) is 5.14. The number of carbonyl (C=O) groups excluding carboxylic acids is 1. The van der Waals surface area contributed by atoms with Crippen LogP contribution in [0.2, 0.25) is 0 Å². The van der Waals surface area contributed by atoms with E-state index in [1.165, 1.54) is 29.6 Å². The maximum Gasteiger partial charge on any atom is 0.223 e. The maximum atomic E-state index is 11.2. The highest BCUT2D eigenvalue weighted by Gasteiger charge is 2.14. The van der Waals surface area contributed by atoms with Crippen LogP contribution < -0.4 is 16.4 Å². The van der Waals surface area contributed by atoms with Gasteiger partial charge in [0.25, 0.3) is 0 Å². The summed E-state index contributed by atoms with van der Waals surface area (Å²) < 4.78 is 0. The van der Waals surface area contributed by atoms with Gasteiger partial charge < -0.3 is 21.6 Å². The predicted molar refractivity (Wildman–Crippen MR) is 104 cm³/mol. The van der Waals surface area contributed by atoms with Crippen molar-refractivity contribution in [2.24, 2.45) is 10.9 Å². The number of amidine groups is 1. The lowest BCUT2D eigenvalue weighted by atomic mass is 10.2. The number of aryl methyl sites for hydroxylation is 1. The van der Waals surface area contributed by atoms with Gasteiger partial charge in [0.05, 0.1) is 16.3 Å². The van der Waals surface area contributed by atoms with Gasteiger partial charge in [0.1, 0.15) is 0 Å². The lowest BCUT2D eigenvalue weighted by molar-refractivity contribution is -0.114. The number of aromatic nitrogens is 2. The first-order chi connectivity index (χ1) is 12.5. The van der Waals surface area contributed by atoms with Crippen LogP contribution in [0.5, 0.6) is 0 Å². The van der Waals surface area contributed by atoms with E-state index in [9.17, 15) is 4.79 Å². The largest absolute Gasteiger partial charge is 0.409 e. The van der Waals surface area contributed by atoms with E-state index in [0.29, 0.717) is 15.8 Å². The summed E-state index contributed by atoms with van der Waals surface area (Å²) in [5, 5.41) is 20.9. The summed E-state index contributed by atoms with van der Waals surface area (Å²) in [6.45, 7) is 3.33. The summed E-state index contributed by atoms with van der Waals surface area (Å²) in [5.74, 6) is -0.115. The molecule has 0 fully saturated rings. The molecule has 0 saturated carbocycles. The SMILES string of the molecule is CC(=O)Nc1nc(C)c(-c2csc(Nc3cccc(/C(N)=N/O)c3)n2)s1. The first-order valence-corrected chi connectivity index (χ1v) is 9.22. The number of rotatable bonds is 5. The number of nitrogens with two attached hydrogens (primary N) is 1. The monoisotopic (exact) mass is 388 g/mol. The lowest BCUT2D eigenvalue weighted by Crippen LogP contribution is -2.12. The quantitative estimate of drug-likeness (QED) is 0.230. The zero-order valence-electron chi connectivity index (χ0n) is 14.0. The molecule has 3 aromatic rings. The van der Waals surface area contributed by atoms with E-state index < -0.39 is 0 Å². The molecule has 26 heavy (non-hydrogen) atoms. The summed E-state index contributed by atoms with van der Waals surface area (Å²) in [6, 6.07) is 7.18. The number of anilines is 3. The third kappa shape index (κ3) is 3.98. The standard InChI is InChI=1S/C16H16N6O2S2/c1-8-13(26-16(18-8)19-9(2)23)12-7-25-15(21-12)20-11-5-3-4-10(6-11)14(17)22-24/h3-7,24H,1-2H3,(H2,17,22)(H,20,21)(H,18,19,23). The van der Waals surface area contributed by atoms with Gasteiger partial charge in [-0.05, 0) is 19.1 Å². The molecular formula is C16H16N6O2S2. The Morgan fingerprint density at radius 2 is 2.12 bits per heavy atom. The lowest BCUT2D eigenvalue weighted by Gasteiger charge is -2.04.